The number of anilines is 1. The van der Waals surface area contributed by atoms with Crippen molar-refractivity contribution in [1.82, 2.24) is 9.88 Å². The van der Waals surface area contributed by atoms with Gasteiger partial charge in [-0.25, -0.2) is 9.78 Å². The van der Waals surface area contributed by atoms with E-state index < -0.39 is 23.3 Å². The highest BCUT2D eigenvalue weighted by Crippen LogP contribution is 2.50. The van der Waals surface area contributed by atoms with E-state index in [-0.39, 0.29) is 12.5 Å². The predicted octanol–water partition coefficient (Wildman–Crippen LogP) is 4.90. The minimum atomic E-state index is -1.01. The van der Waals surface area contributed by atoms with E-state index in [4.69, 9.17) is 9.72 Å². The van der Waals surface area contributed by atoms with Crippen LogP contribution in [0, 0.1) is 0 Å². The SMILES string of the molecule is CN1C(=O)COc2nc(-c3ccc([C@]4(N(C(=O)O)C(C)(C)C)C[C@H](O)C4)cc3)c(-c3ccccc3)cc21. The van der Waals surface area contributed by atoms with Gasteiger partial charge in [0.2, 0.25) is 5.88 Å². The molecule has 192 valence electrons. The molecule has 1 aliphatic carbocycles. The lowest BCUT2D eigenvalue weighted by atomic mass is 9.67. The minimum absolute atomic E-state index is 0.0672. The Labute approximate surface area is 216 Å². The Morgan fingerprint density at radius 1 is 1.08 bits per heavy atom. The number of rotatable bonds is 4. The van der Waals surface area contributed by atoms with E-state index in [9.17, 15) is 19.8 Å². The van der Waals surface area contributed by atoms with Crippen LogP contribution in [0.3, 0.4) is 0 Å². The van der Waals surface area contributed by atoms with Gasteiger partial charge in [0, 0.05) is 36.6 Å². The molecule has 2 heterocycles. The van der Waals surface area contributed by atoms with Gasteiger partial charge in [0.15, 0.2) is 6.61 Å². The van der Waals surface area contributed by atoms with Crippen LogP contribution in [0.5, 0.6) is 5.88 Å². The molecule has 3 aromatic rings. The summed E-state index contributed by atoms with van der Waals surface area (Å²) < 4.78 is 5.67. The number of aliphatic hydroxyl groups is 1. The predicted molar refractivity (Wildman–Crippen MR) is 141 cm³/mol. The summed E-state index contributed by atoms with van der Waals surface area (Å²) in [6, 6.07) is 19.5. The molecule has 2 aliphatic rings. The quantitative estimate of drug-likeness (QED) is 0.527. The highest BCUT2D eigenvalue weighted by Gasteiger charge is 2.54. The number of aliphatic hydroxyl groups excluding tert-OH is 1. The number of fused-ring (bicyclic) bond motifs is 1. The zero-order valence-electron chi connectivity index (χ0n) is 21.4. The molecule has 1 saturated carbocycles. The second-order valence-corrected chi connectivity index (χ2v) is 10.8. The lowest BCUT2D eigenvalue weighted by Gasteiger charge is -2.56. The molecule has 8 nitrogen and oxygen atoms in total. The van der Waals surface area contributed by atoms with Gasteiger partial charge < -0.3 is 19.8 Å². The Balaban J connectivity index is 1.61. The van der Waals surface area contributed by atoms with Gasteiger partial charge in [-0.15, -0.1) is 0 Å². The first-order valence-electron chi connectivity index (χ1n) is 12.3. The Morgan fingerprint density at radius 3 is 2.30 bits per heavy atom. The van der Waals surface area contributed by atoms with Crippen LogP contribution >= 0.6 is 0 Å². The van der Waals surface area contributed by atoms with Gasteiger partial charge in [-0.1, -0.05) is 54.6 Å². The van der Waals surface area contributed by atoms with Crippen molar-refractivity contribution in [3.05, 3.63) is 66.2 Å². The molecular weight excluding hydrogens is 470 g/mol. The first-order valence-corrected chi connectivity index (χ1v) is 12.3. The molecule has 37 heavy (non-hydrogen) atoms. The van der Waals surface area contributed by atoms with Gasteiger partial charge in [0.05, 0.1) is 17.3 Å². The van der Waals surface area contributed by atoms with Crippen LogP contribution in [0.1, 0.15) is 39.2 Å². The summed E-state index contributed by atoms with van der Waals surface area (Å²) in [7, 11) is 1.71. The van der Waals surface area contributed by atoms with Crippen LogP contribution in [0.4, 0.5) is 10.5 Å². The summed E-state index contributed by atoms with van der Waals surface area (Å²) >= 11 is 0. The van der Waals surface area contributed by atoms with Crippen molar-refractivity contribution in [1.29, 1.82) is 0 Å². The fourth-order valence-electron chi connectivity index (χ4n) is 5.57. The summed E-state index contributed by atoms with van der Waals surface area (Å²) in [6.45, 7) is 5.54. The summed E-state index contributed by atoms with van der Waals surface area (Å²) in [6.07, 6.45) is -0.873. The molecule has 2 aromatic carbocycles. The molecule has 0 bridgehead atoms. The van der Waals surface area contributed by atoms with Crippen LogP contribution in [0.2, 0.25) is 0 Å². The van der Waals surface area contributed by atoms with Crippen molar-refractivity contribution < 1.29 is 24.5 Å². The lowest BCUT2D eigenvalue weighted by molar-refractivity contribution is -0.121. The number of likely N-dealkylation sites (N-methyl/N-ethyl adjacent to an activating group) is 1. The Morgan fingerprint density at radius 2 is 1.73 bits per heavy atom. The molecule has 8 heteroatoms. The summed E-state index contributed by atoms with van der Waals surface area (Å²) in [5.41, 5.74) is 3.33. The number of nitrogens with zero attached hydrogens (tertiary/aromatic N) is 3. The number of hydrogen-bond donors (Lipinski definition) is 2. The highest BCUT2D eigenvalue weighted by molar-refractivity contribution is 5.98. The summed E-state index contributed by atoms with van der Waals surface area (Å²) in [5, 5.41) is 20.3. The molecule has 0 saturated heterocycles. The Hall–Kier alpha value is -3.91. The average molecular weight is 502 g/mol. The zero-order valence-corrected chi connectivity index (χ0v) is 21.4. The molecule has 0 spiro atoms. The van der Waals surface area contributed by atoms with Crippen molar-refractivity contribution >= 4 is 17.7 Å². The second kappa shape index (κ2) is 8.88. The van der Waals surface area contributed by atoms with Gasteiger partial charge in [0.1, 0.15) is 5.69 Å². The van der Waals surface area contributed by atoms with E-state index in [0.717, 1.165) is 22.3 Å². The monoisotopic (exact) mass is 501 g/mol. The number of hydrogen-bond acceptors (Lipinski definition) is 5. The van der Waals surface area contributed by atoms with E-state index in [1.165, 1.54) is 4.90 Å². The van der Waals surface area contributed by atoms with Gasteiger partial charge in [-0.3, -0.25) is 9.69 Å². The van der Waals surface area contributed by atoms with Crippen LogP contribution in [-0.2, 0) is 10.3 Å². The molecule has 2 N–H and O–H groups in total. The topological polar surface area (TPSA) is 103 Å². The van der Waals surface area contributed by atoms with Crippen molar-refractivity contribution in [2.45, 2.75) is 50.8 Å². The maximum atomic E-state index is 12.3. The van der Waals surface area contributed by atoms with Gasteiger partial charge >= 0.3 is 6.09 Å². The third kappa shape index (κ3) is 4.21. The number of ether oxygens (including phenoxy) is 1. The Bertz CT molecular complexity index is 1340. The molecule has 0 unspecified atom stereocenters. The van der Waals surface area contributed by atoms with E-state index >= 15 is 0 Å². The molecule has 1 fully saturated rings. The maximum Gasteiger partial charge on any atom is 0.408 e. The number of carbonyl (C=O) groups excluding carboxylic acids is 1. The standard InChI is InChI=1S/C29H31N3O5/c1-28(2,3)32(27(35)36)29(15-21(33)16-29)20-12-10-19(11-13-20)25-22(18-8-6-5-7-9-18)14-23-26(30-25)37-17-24(34)31(23)4/h5-14,21,33H,15-17H2,1-4H3,(H,35,36)/t21-,29-. The van der Waals surface area contributed by atoms with Crippen LogP contribution in [0.25, 0.3) is 22.4 Å². The normalized spacial score (nSPS) is 21.1. The first-order chi connectivity index (χ1) is 17.5. The zero-order chi connectivity index (χ0) is 26.5. The fourth-order valence-corrected chi connectivity index (χ4v) is 5.57. The number of pyridine rings is 1. The third-order valence-electron chi connectivity index (χ3n) is 7.25. The van der Waals surface area contributed by atoms with Gasteiger partial charge in [-0.2, -0.15) is 0 Å². The Kier molecular flexibility index (Phi) is 5.95. The first kappa shape index (κ1) is 24.8. The molecule has 0 radical (unpaired) electrons. The lowest BCUT2D eigenvalue weighted by Crippen LogP contribution is -2.64. The number of benzene rings is 2. The van der Waals surface area contributed by atoms with Crippen LogP contribution in [-0.4, -0.2) is 57.4 Å². The molecular formula is C29H31N3O5. The summed E-state index contributed by atoms with van der Waals surface area (Å²) in [4.78, 5) is 32.4. The van der Waals surface area contributed by atoms with Crippen molar-refractivity contribution in [2.24, 2.45) is 0 Å². The molecule has 2 amide bonds. The van der Waals surface area contributed by atoms with Crippen molar-refractivity contribution in [3.8, 4) is 28.3 Å². The van der Waals surface area contributed by atoms with E-state index in [1.807, 2.05) is 81.4 Å². The van der Waals surface area contributed by atoms with Crippen LogP contribution in [0.15, 0.2) is 60.7 Å². The second-order valence-electron chi connectivity index (χ2n) is 10.8. The average Bonchev–Trinajstić information content (AvgIpc) is 2.84. The largest absolute Gasteiger partial charge is 0.466 e. The number of carbonyl (C=O) groups is 2. The number of carboxylic acid groups (broad SMARTS) is 1. The highest BCUT2D eigenvalue weighted by atomic mass is 16.5. The van der Waals surface area contributed by atoms with Crippen molar-refractivity contribution in [2.75, 3.05) is 18.6 Å². The van der Waals surface area contributed by atoms with Gasteiger partial charge in [0.25, 0.3) is 5.91 Å². The minimum Gasteiger partial charge on any atom is -0.466 e. The number of amides is 2. The van der Waals surface area contributed by atoms with E-state index in [1.54, 1.807) is 11.9 Å². The fraction of sp³-hybridized carbons (Fsp3) is 0.345. The molecule has 0 atom stereocenters. The summed E-state index contributed by atoms with van der Waals surface area (Å²) in [5.74, 6) is 0.254. The number of aromatic nitrogens is 1. The third-order valence-corrected chi connectivity index (χ3v) is 7.25. The van der Waals surface area contributed by atoms with E-state index in [2.05, 4.69) is 0 Å². The van der Waals surface area contributed by atoms with Crippen LogP contribution < -0.4 is 9.64 Å². The smallest absolute Gasteiger partial charge is 0.408 e. The molecule has 5 rings (SSSR count). The van der Waals surface area contributed by atoms with Gasteiger partial charge in [-0.05, 0) is 38.0 Å². The molecule has 1 aliphatic heterocycles. The molecule has 1 aromatic heterocycles. The van der Waals surface area contributed by atoms with E-state index in [0.29, 0.717) is 30.1 Å². The maximum absolute atomic E-state index is 12.3. The van der Waals surface area contributed by atoms with Crippen molar-refractivity contribution in [3.63, 3.8) is 0 Å².